The topological polar surface area (TPSA) is 16.2 Å². The van der Waals surface area contributed by atoms with Crippen LogP contribution in [0, 0.1) is 0 Å². The molecular weight excluding hydrogens is 574 g/mol. The smallest absolute Gasteiger partial charge is 0.00385 e. The summed E-state index contributed by atoms with van der Waals surface area (Å²) in [6, 6.07) is 3.84. The van der Waals surface area contributed by atoms with Crippen LogP contribution in [0.25, 0.3) is 0 Å². The third-order valence-electron chi connectivity index (χ3n) is 10.9. The molecule has 0 amide bonds. The van der Waals surface area contributed by atoms with E-state index in [1.165, 1.54) is 168 Å². The number of hydrogen-bond donors (Lipinski definition) is 0. The Bertz CT molecular complexity index is 583. The molecule has 5 heteroatoms. The minimum Gasteiger partial charge on any atom is -0.301 e. The van der Waals surface area contributed by atoms with Crippen molar-refractivity contribution in [3.8, 4) is 0 Å². The second-order valence-electron chi connectivity index (χ2n) is 16.3. The van der Waals surface area contributed by atoms with Crippen LogP contribution >= 0.6 is 0 Å². The summed E-state index contributed by atoms with van der Waals surface area (Å²) in [6.07, 6.45) is 22.8. The summed E-state index contributed by atoms with van der Waals surface area (Å²) >= 11 is 0. The lowest BCUT2D eigenvalue weighted by Crippen LogP contribution is -2.35. The molecule has 5 rings (SSSR count). The van der Waals surface area contributed by atoms with Crippen molar-refractivity contribution in [3.05, 3.63) is 0 Å². The largest absolute Gasteiger partial charge is 0.301 e. The van der Waals surface area contributed by atoms with Crippen molar-refractivity contribution in [1.82, 2.24) is 24.5 Å². The summed E-state index contributed by atoms with van der Waals surface area (Å²) in [4.78, 5) is 12.8. The molecule has 0 aliphatic carbocycles. The van der Waals surface area contributed by atoms with Crippen molar-refractivity contribution in [2.45, 2.75) is 210 Å². The molecule has 47 heavy (non-hydrogen) atoms. The molecule has 0 N–H and O–H groups in total. The average Bonchev–Trinajstić information content (AvgIpc) is 3.27. The first-order valence-electron chi connectivity index (χ1n) is 20.7. The van der Waals surface area contributed by atoms with Gasteiger partial charge in [-0.2, -0.15) is 0 Å². The highest BCUT2D eigenvalue weighted by Crippen LogP contribution is 2.14. The maximum absolute atomic E-state index is 2.59. The van der Waals surface area contributed by atoms with Crippen LogP contribution in [0.4, 0.5) is 0 Å². The fourth-order valence-corrected chi connectivity index (χ4v) is 7.35. The summed E-state index contributed by atoms with van der Waals surface area (Å²) in [5.41, 5.74) is 0. The van der Waals surface area contributed by atoms with Crippen LogP contribution in [-0.4, -0.2) is 120 Å². The highest BCUT2D eigenvalue weighted by Gasteiger charge is 2.15. The zero-order chi connectivity index (χ0) is 34.2. The van der Waals surface area contributed by atoms with E-state index >= 15 is 0 Å². The van der Waals surface area contributed by atoms with Crippen LogP contribution in [0.5, 0.6) is 0 Å². The lowest BCUT2D eigenvalue weighted by molar-refractivity contribution is 0.185. The number of rotatable bonds is 5. The predicted molar refractivity (Wildman–Crippen MR) is 214 cm³/mol. The van der Waals surface area contributed by atoms with E-state index in [9.17, 15) is 0 Å². The minimum absolute atomic E-state index is 0. The molecule has 0 aromatic rings. The van der Waals surface area contributed by atoms with Crippen molar-refractivity contribution < 1.29 is 0 Å². The zero-order valence-corrected chi connectivity index (χ0v) is 33.5. The van der Waals surface area contributed by atoms with E-state index < -0.39 is 0 Å². The van der Waals surface area contributed by atoms with Gasteiger partial charge in [0, 0.05) is 30.2 Å². The molecule has 0 aromatic carbocycles. The van der Waals surface area contributed by atoms with Crippen LogP contribution in [0.1, 0.15) is 179 Å². The second kappa shape index (κ2) is 29.5. The molecule has 0 saturated carbocycles. The Morgan fingerprint density at radius 1 is 0.213 bits per heavy atom. The molecular formula is C42H91N5. The van der Waals surface area contributed by atoms with Gasteiger partial charge in [-0.15, -0.1) is 0 Å². The molecule has 5 aliphatic rings. The number of piperidine rings is 2. The SMILES string of the molecule is C.CC(C)N1CCCC1.CC(C)N1CCCCC1.CC(C)N1CCCCC1.CC(C)N1CCCCCC1.CC(C)N1CCCCCC1. The monoisotopic (exact) mass is 666 g/mol. The van der Waals surface area contributed by atoms with Gasteiger partial charge in [0.15, 0.2) is 0 Å². The highest BCUT2D eigenvalue weighted by atomic mass is 15.2. The van der Waals surface area contributed by atoms with E-state index in [4.69, 9.17) is 0 Å². The molecule has 0 spiro atoms. The summed E-state index contributed by atoms with van der Waals surface area (Å²) in [5, 5.41) is 0. The Balaban J connectivity index is 0.000000561. The van der Waals surface area contributed by atoms with Crippen LogP contribution in [0.2, 0.25) is 0 Å². The van der Waals surface area contributed by atoms with E-state index in [0.29, 0.717) is 0 Å². The number of likely N-dealkylation sites (tertiary alicyclic amines) is 5. The fraction of sp³-hybridized carbons (Fsp3) is 1.00. The number of hydrogen-bond acceptors (Lipinski definition) is 5. The van der Waals surface area contributed by atoms with Crippen LogP contribution in [0.15, 0.2) is 0 Å². The van der Waals surface area contributed by atoms with Crippen molar-refractivity contribution in [2.75, 3.05) is 65.4 Å². The number of nitrogens with zero attached hydrogens (tertiary/aromatic N) is 5. The van der Waals surface area contributed by atoms with Gasteiger partial charge in [0.25, 0.3) is 0 Å². The lowest BCUT2D eigenvalue weighted by Gasteiger charge is -2.29. The van der Waals surface area contributed by atoms with Gasteiger partial charge in [-0.05, 0) is 199 Å². The summed E-state index contributed by atoms with van der Waals surface area (Å²) in [7, 11) is 0. The van der Waals surface area contributed by atoms with E-state index in [1.54, 1.807) is 0 Å². The Labute approximate surface area is 299 Å². The molecule has 5 fully saturated rings. The van der Waals surface area contributed by atoms with Crippen molar-refractivity contribution in [3.63, 3.8) is 0 Å². The van der Waals surface area contributed by atoms with Gasteiger partial charge in [0.2, 0.25) is 0 Å². The van der Waals surface area contributed by atoms with Gasteiger partial charge in [-0.3, -0.25) is 0 Å². The maximum atomic E-state index is 2.59. The Morgan fingerprint density at radius 2 is 0.319 bits per heavy atom. The van der Waals surface area contributed by atoms with Crippen molar-refractivity contribution in [1.29, 1.82) is 0 Å². The first-order chi connectivity index (χ1) is 22.0. The van der Waals surface area contributed by atoms with Crippen LogP contribution in [-0.2, 0) is 0 Å². The standard InChI is InChI=1S/2C9H19N.2C8H17N.C7H15N.CH4/c2*1-9(2)10-7-5-3-4-6-8-10;2*1-8(2)9-6-4-3-5-7-9;1-7(2)8-5-3-4-6-8;/h2*9H,3-8H2,1-2H3;2*8H,3-7H2,1-2H3;7H,3-6H2,1-2H3;1H4. The summed E-state index contributed by atoms with van der Waals surface area (Å²) < 4.78 is 0. The Hall–Kier alpha value is -0.200. The fourth-order valence-electron chi connectivity index (χ4n) is 7.35. The third-order valence-corrected chi connectivity index (χ3v) is 10.9. The van der Waals surface area contributed by atoms with Gasteiger partial charge < -0.3 is 24.5 Å². The van der Waals surface area contributed by atoms with E-state index in [-0.39, 0.29) is 7.43 Å². The average molecular weight is 666 g/mol. The van der Waals surface area contributed by atoms with Crippen LogP contribution in [0.3, 0.4) is 0 Å². The molecule has 0 aromatic heterocycles. The molecule has 0 radical (unpaired) electrons. The molecule has 5 aliphatic heterocycles. The lowest BCUT2D eigenvalue weighted by atomic mass is 10.1. The van der Waals surface area contributed by atoms with Gasteiger partial charge in [-0.1, -0.05) is 46.0 Å². The minimum atomic E-state index is 0. The van der Waals surface area contributed by atoms with Gasteiger partial charge >= 0.3 is 0 Å². The molecule has 0 unspecified atom stereocenters. The normalized spacial score (nSPS) is 22.5. The van der Waals surface area contributed by atoms with Gasteiger partial charge in [0.05, 0.1) is 0 Å². The highest BCUT2D eigenvalue weighted by molar-refractivity contribution is 4.70. The van der Waals surface area contributed by atoms with E-state index in [2.05, 4.69) is 93.7 Å². The third kappa shape index (κ3) is 23.8. The van der Waals surface area contributed by atoms with Crippen molar-refractivity contribution in [2.24, 2.45) is 0 Å². The van der Waals surface area contributed by atoms with Gasteiger partial charge in [-0.25, -0.2) is 0 Å². The van der Waals surface area contributed by atoms with E-state index in [0.717, 1.165) is 30.2 Å². The first kappa shape index (κ1) is 46.8. The Morgan fingerprint density at radius 3 is 0.447 bits per heavy atom. The van der Waals surface area contributed by atoms with Crippen LogP contribution < -0.4 is 0 Å². The molecule has 0 atom stereocenters. The van der Waals surface area contributed by atoms with Crippen molar-refractivity contribution >= 4 is 0 Å². The summed E-state index contributed by atoms with van der Waals surface area (Å²) in [6.45, 7) is 36.2. The molecule has 5 heterocycles. The molecule has 284 valence electrons. The molecule has 0 bridgehead atoms. The molecule has 5 nitrogen and oxygen atoms in total. The Kier molecular flexibility index (Phi) is 29.4. The molecule has 5 saturated heterocycles. The van der Waals surface area contributed by atoms with Gasteiger partial charge in [0.1, 0.15) is 0 Å². The second-order valence-corrected chi connectivity index (χ2v) is 16.3. The predicted octanol–water partition coefficient (Wildman–Crippen LogP) is 10.4. The zero-order valence-electron chi connectivity index (χ0n) is 33.5. The first-order valence-corrected chi connectivity index (χ1v) is 20.7. The summed E-state index contributed by atoms with van der Waals surface area (Å²) in [5.74, 6) is 0. The van der Waals surface area contributed by atoms with E-state index in [1.807, 2.05) is 0 Å². The quantitative estimate of drug-likeness (QED) is 0.290. The maximum Gasteiger partial charge on any atom is 0.00385 e.